The Morgan fingerprint density at radius 3 is 2.00 bits per heavy atom. The smallest absolute Gasteiger partial charge is 0.134 e. The second-order valence-electron chi connectivity index (χ2n) is 2.79. The molecule has 1 atom stereocenters. The highest BCUT2D eigenvalue weighted by Crippen LogP contribution is 2.23. The molecule has 0 bridgehead atoms. The van der Waals surface area contributed by atoms with Gasteiger partial charge >= 0.3 is 0 Å². The summed E-state index contributed by atoms with van der Waals surface area (Å²) in [5.41, 5.74) is 5.28. The van der Waals surface area contributed by atoms with E-state index in [-0.39, 0.29) is 23.7 Å². The van der Waals surface area contributed by atoms with Gasteiger partial charge in [0.2, 0.25) is 0 Å². The van der Waals surface area contributed by atoms with Gasteiger partial charge < -0.3 is 10.5 Å². The van der Waals surface area contributed by atoms with Crippen LogP contribution in [-0.2, 0) is 0 Å². The fraction of sp³-hybridized carbons (Fsp3) is 0.333. The Kier molecular flexibility index (Phi) is 4.80. The first-order valence-electron chi connectivity index (χ1n) is 3.84. The van der Waals surface area contributed by atoms with Gasteiger partial charge in [-0.15, -0.1) is 12.4 Å². The van der Waals surface area contributed by atoms with Gasteiger partial charge in [0.1, 0.15) is 17.4 Å². The van der Waals surface area contributed by atoms with Crippen LogP contribution >= 0.6 is 12.4 Å². The Bertz CT molecular complexity index is 295. The van der Waals surface area contributed by atoms with Crippen molar-refractivity contribution < 1.29 is 13.5 Å². The minimum absolute atomic E-state index is 0. The lowest BCUT2D eigenvalue weighted by molar-refractivity contribution is 0.404. The summed E-state index contributed by atoms with van der Waals surface area (Å²) < 4.78 is 31.0. The maximum Gasteiger partial charge on any atom is 0.134 e. The molecule has 14 heavy (non-hydrogen) atoms. The van der Waals surface area contributed by atoms with E-state index in [9.17, 15) is 8.78 Å². The van der Waals surface area contributed by atoms with Crippen molar-refractivity contribution in [3.63, 3.8) is 0 Å². The lowest BCUT2D eigenvalue weighted by Crippen LogP contribution is -2.10. The monoisotopic (exact) mass is 223 g/mol. The van der Waals surface area contributed by atoms with E-state index < -0.39 is 17.7 Å². The van der Waals surface area contributed by atoms with E-state index in [1.54, 1.807) is 0 Å². The Hall–Kier alpha value is -0.870. The Morgan fingerprint density at radius 1 is 1.29 bits per heavy atom. The molecule has 0 saturated carbocycles. The molecule has 2 nitrogen and oxygen atoms in total. The van der Waals surface area contributed by atoms with E-state index in [0.29, 0.717) is 0 Å². The molecule has 0 aliphatic rings. The second-order valence-corrected chi connectivity index (χ2v) is 2.79. The highest BCUT2D eigenvalue weighted by molar-refractivity contribution is 5.85. The van der Waals surface area contributed by atoms with Crippen LogP contribution < -0.4 is 10.5 Å². The first-order chi connectivity index (χ1) is 6.06. The number of halogens is 3. The van der Waals surface area contributed by atoms with Gasteiger partial charge in [0.15, 0.2) is 0 Å². The Morgan fingerprint density at radius 2 is 1.71 bits per heavy atom. The molecule has 80 valence electrons. The van der Waals surface area contributed by atoms with Crippen LogP contribution in [0.25, 0.3) is 0 Å². The maximum absolute atomic E-state index is 13.1. The van der Waals surface area contributed by atoms with Gasteiger partial charge in [-0.1, -0.05) is 0 Å². The molecule has 5 heteroatoms. The van der Waals surface area contributed by atoms with Crippen LogP contribution in [0.2, 0.25) is 0 Å². The number of methoxy groups -OCH3 is 1. The fourth-order valence-corrected chi connectivity index (χ4v) is 1.11. The maximum atomic E-state index is 13.1. The van der Waals surface area contributed by atoms with Gasteiger partial charge in [-0.05, 0) is 6.92 Å². The third kappa shape index (κ3) is 2.56. The van der Waals surface area contributed by atoms with Crippen LogP contribution in [-0.4, -0.2) is 7.11 Å². The molecule has 0 amide bonds. The highest BCUT2D eigenvalue weighted by Gasteiger charge is 2.14. The van der Waals surface area contributed by atoms with Crippen molar-refractivity contribution in [2.45, 2.75) is 13.0 Å². The first-order valence-corrected chi connectivity index (χ1v) is 3.84. The molecule has 2 N–H and O–H groups in total. The number of benzene rings is 1. The van der Waals surface area contributed by atoms with Gasteiger partial charge in [0, 0.05) is 23.7 Å². The quantitative estimate of drug-likeness (QED) is 0.836. The van der Waals surface area contributed by atoms with E-state index in [4.69, 9.17) is 5.73 Å². The van der Waals surface area contributed by atoms with Gasteiger partial charge in [-0.25, -0.2) is 8.78 Å². The number of hydrogen-bond donors (Lipinski definition) is 1. The predicted molar refractivity (Wildman–Crippen MR) is 52.8 cm³/mol. The van der Waals surface area contributed by atoms with Gasteiger partial charge in [-0.2, -0.15) is 0 Å². The molecule has 0 aliphatic carbocycles. The molecule has 1 aromatic rings. The summed E-state index contributed by atoms with van der Waals surface area (Å²) in [7, 11) is 1.35. The second kappa shape index (κ2) is 5.12. The highest BCUT2D eigenvalue weighted by atomic mass is 35.5. The van der Waals surface area contributed by atoms with E-state index in [2.05, 4.69) is 4.74 Å². The molecule has 0 radical (unpaired) electrons. The molecular weight excluding hydrogens is 212 g/mol. The van der Waals surface area contributed by atoms with Crippen molar-refractivity contribution in [3.8, 4) is 5.75 Å². The minimum atomic E-state index is -0.674. The third-order valence-corrected chi connectivity index (χ3v) is 1.74. The zero-order valence-electron chi connectivity index (χ0n) is 7.88. The van der Waals surface area contributed by atoms with Crippen molar-refractivity contribution in [1.82, 2.24) is 0 Å². The SMILES string of the molecule is COc1cc(F)c([C@@H](C)N)c(F)c1.Cl. The van der Waals surface area contributed by atoms with Gasteiger partial charge in [0.25, 0.3) is 0 Å². The van der Waals surface area contributed by atoms with Crippen molar-refractivity contribution in [1.29, 1.82) is 0 Å². The molecule has 0 aliphatic heterocycles. The van der Waals surface area contributed by atoms with Crippen molar-refractivity contribution in [2.24, 2.45) is 5.73 Å². The van der Waals surface area contributed by atoms with Gasteiger partial charge in [0.05, 0.1) is 7.11 Å². The molecule has 0 fully saturated rings. The van der Waals surface area contributed by atoms with E-state index in [1.807, 2.05) is 0 Å². The van der Waals surface area contributed by atoms with Crippen LogP contribution in [0.1, 0.15) is 18.5 Å². The number of hydrogen-bond acceptors (Lipinski definition) is 2. The van der Waals surface area contributed by atoms with E-state index in [1.165, 1.54) is 14.0 Å². The van der Waals surface area contributed by atoms with Gasteiger partial charge in [-0.3, -0.25) is 0 Å². The first kappa shape index (κ1) is 13.1. The van der Waals surface area contributed by atoms with Crippen molar-refractivity contribution in [3.05, 3.63) is 29.3 Å². The molecular formula is C9H12ClF2NO. The molecule has 1 rings (SSSR count). The Balaban J connectivity index is 0.00000169. The normalized spacial score (nSPS) is 11.8. The standard InChI is InChI=1S/C9H11F2NO.ClH/c1-5(12)9-7(10)3-6(13-2)4-8(9)11;/h3-5H,12H2,1-2H3;1H/t5-;/m1./s1. The largest absolute Gasteiger partial charge is 0.497 e. The Labute approximate surface area is 87.5 Å². The summed E-state index contributed by atoms with van der Waals surface area (Å²) in [4.78, 5) is 0. The lowest BCUT2D eigenvalue weighted by Gasteiger charge is -2.09. The number of ether oxygens (including phenoxy) is 1. The lowest BCUT2D eigenvalue weighted by atomic mass is 10.1. The summed E-state index contributed by atoms with van der Waals surface area (Å²) in [6.45, 7) is 1.52. The molecule has 0 heterocycles. The molecule has 0 unspecified atom stereocenters. The number of nitrogens with two attached hydrogens (primary N) is 1. The van der Waals surface area contributed by atoms with Crippen LogP contribution in [0, 0.1) is 11.6 Å². The van der Waals surface area contributed by atoms with E-state index in [0.717, 1.165) is 12.1 Å². The summed E-state index contributed by atoms with van der Waals surface area (Å²) in [6.07, 6.45) is 0. The van der Waals surface area contributed by atoms with Crippen LogP contribution in [0.4, 0.5) is 8.78 Å². The van der Waals surface area contributed by atoms with Crippen molar-refractivity contribution >= 4 is 12.4 Å². The molecule has 0 saturated heterocycles. The predicted octanol–water partition coefficient (Wildman–Crippen LogP) is 2.41. The molecule has 1 aromatic carbocycles. The zero-order valence-corrected chi connectivity index (χ0v) is 8.70. The van der Waals surface area contributed by atoms with Crippen molar-refractivity contribution in [2.75, 3.05) is 7.11 Å². The minimum Gasteiger partial charge on any atom is -0.497 e. The number of rotatable bonds is 2. The van der Waals surface area contributed by atoms with Crippen LogP contribution in [0.5, 0.6) is 5.75 Å². The summed E-state index contributed by atoms with van der Waals surface area (Å²) >= 11 is 0. The zero-order chi connectivity index (χ0) is 10.0. The fourth-order valence-electron chi connectivity index (χ4n) is 1.11. The summed E-state index contributed by atoms with van der Waals surface area (Å²) in [6, 6.07) is 1.56. The average Bonchev–Trinajstić information content (AvgIpc) is 2.02. The van der Waals surface area contributed by atoms with Crippen LogP contribution in [0.3, 0.4) is 0 Å². The molecule has 0 aromatic heterocycles. The topological polar surface area (TPSA) is 35.2 Å². The summed E-state index contributed by atoms with van der Waals surface area (Å²) in [5.74, 6) is -1.20. The van der Waals surface area contributed by atoms with Crippen LogP contribution in [0.15, 0.2) is 12.1 Å². The summed E-state index contributed by atoms with van der Waals surface area (Å²) in [5, 5.41) is 0. The molecule has 0 spiro atoms. The average molecular weight is 224 g/mol. The third-order valence-electron chi connectivity index (χ3n) is 1.74. The van der Waals surface area contributed by atoms with E-state index >= 15 is 0 Å².